The first-order valence-corrected chi connectivity index (χ1v) is 9.38. The van der Waals surface area contributed by atoms with E-state index >= 15 is 0 Å². The molecule has 0 bridgehead atoms. The number of hydrogen-bond donors (Lipinski definition) is 3. The van der Waals surface area contributed by atoms with Gasteiger partial charge in [-0.15, -0.1) is 0 Å². The normalized spacial score (nSPS) is 10.5. The van der Waals surface area contributed by atoms with E-state index in [1.165, 1.54) is 14.1 Å². The molecular formula is C22H22N4O5. The summed E-state index contributed by atoms with van der Waals surface area (Å²) in [4.78, 5) is 36.4. The van der Waals surface area contributed by atoms with E-state index < -0.39 is 35.2 Å². The van der Waals surface area contributed by atoms with Gasteiger partial charge >= 0.3 is 5.69 Å². The Bertz CT molecular complexity index is 1260. The van der Waals surface area contributed by atoms with E-state index in [0.29, 0.717) is 17.2 Å². The molecule has 0 spiro atoms. The summed E-state index contributed by atoms with van der Waals surface area (Å²) in [6, 6.07) is 14.3. The smallest absolute Gasteiger partial charge is 0.333 e. The van der Waals surface area contributed by atoms with Crippen molar-refractivity contribution in [1.29, 1.82) is 5.41 Å². The van der Waals surface area contributed by atoms with Gasteiger partial charge in [-0.2, -0.15) is 0 Å². The Morgan fingerprint density at radius 3 is 2.13 bits per heavy atom. The molecule has 0 aliphatic heterocycles. The van der Waals surface area contributed by atoms with Gasteiger partial charge in [0.25, 0.3) is 5.56 Å². The third-order valence-electron chi connectivity index (χ3n) is 4.67. The number of hydrogen-bond acceptors (Lipinski definition) is 6. The minimum atomic E-state index is -0.837. The Hall–Kier alpha value is -4.14. The van der Waals surface area contributed by atoms with Crippen LogP contribution >= 0.6 is 0 Å². The standard InChI is InChI=1S/C22H22N4O5/c1-13-4-8-15(9-5-13)31-16-10-6-14(7-11-16)24-18(27)12-17(23)19-20(28)25(2)22(30)26(3)21(19)29/h4-11,23,28H,12H2,1-3H3,(H,24,27). The maximum atomic E-state index is 12.3. The van der Waals surface area contributed by atoms with Crippen molar-refractivity contribution >= 4 is 17.3 Å². The molecule has 1 amide bonds. The van der Waals surface area contributed by atoms with Crippen LogP contribution in [0.1, 0.15) is 17.5 Å². The van der Waals surface area contributed by atoms with Crippen molar-refractivity contribution in [3.63, 3.8) is 0 Å². The quantitative estimate of drug-likeness (QED) is 0.526. The number of carbonyl (C=O) groups excluding carboxylic acids is 1. The van der Waals surface area contributed by atoms with Crippen molar-refractivity contribution in [3.05, 3.63) is 80.5 Å². The van der Waals surface area contributed by atoms with E-state index in [4.69, 9.17) is 10.1 Å². The molecule has 1 heterocycles. The number of nitrogens with zero attached hydrogens (tertiary/aromatic N) is 2. The lowest BCUT2D eigenvalue weighted by Crippen LogP contribution is -2.40. The van der Waals surface area contributed by atoms with Gasteiger partial charge in [0.1, 0.15) is 17.1 Å². The highest BCUT2D eigenvalue weighted by Gasteiger charge is 2.21. The van der Waals surface area contributed by atoms with Crippen LogP contribution < -0.4 is 21.3 Å². The van der Waals surface area contributed by atoms with Crippen LogP contribution in [0.2, 0.25) is 0 Å². The molecule has 31 heavy (non-hydrogen) atoms. The van der Waals surface area contributed by atoms with Crippen LogP contribution in [0.3, 0.4) is 0 Å². The topological polar surface area (TPSA) is 126 Å². The largest absolute Gasteiger partial charge is 0.494 e. The van der Waals surface area contributed by atoms with Crippen molar-refractivity contribution in [2.45, 2.75) is 13.3 Å². The average molecular weight is 422 g/mol. The summed E-state index contributed by atoms with van der Waals surface area (Å²) in [6.45, 7) is 1.99. The molecule has 0 fully saturated rings. The molecule has 9 heteroatoms. The Kier molecular flexibility index (Phi) is 6.05. The molecule has 0 saturated carbocycles. The second-order valence-corrected chi connectivity index (χ2v) is 7.05. The van der Waals surface area contributed by atoms with Crippen LogP contribution in [0.15, 0.2) is 58.1 Å². The number of benzene rings is 2. The van der Waals surface area contributed by atoms with Crippen LogP contribution in [0.5, 0.6) is 17.4 Å². The lowest BCUT2D eigenvalue weighted by molar-refractivity contribution is -0.115. The Labute approximate surface area is 177 Å². The number of nitrogens with one attached hydrogen (secondary N) is 2. The van der Waals surface area contributed by atoms with Crippen LogP contribution in [-0.2, 0) is 18.9 Å². The van der Waals surface area contributed by atoms with Crippen LogP contribution in [-0.4, -0.2) is 25.9 Å². The lowest BCUT2D eigenvalue weighted by atomic mass is 10.1. The maximum Gasteiger partial charge on any atom is 0.333 e. The van der Waals surface area contributed by atoms with E-state index in [0.717, 1.165) is 14.7 Å². The van der Waals surface area contributed by atoms with Gasteiger partial charge in [-0.3, -0.25) is 18.7 Å². The Morgan fingerprint density at radius 2 is 1.55 bits per heavy atom. The molecule has 0 aliphatic rings. The first-order valence-electron chi connectivity index (χ1n) is 9.38. The van der Waals surface area contributed by atoms with Gasteiger partial charge in [0.2, 0.25) is 11.8 Å². The van der Waals surface area contributed by atoms with Gasteiger partial charge in [-0.1, -0.05) is 17.7 Å². The Balaban J connectivity index is 1.67. The molecule has 0 saturated heterocycles. The number of aromatic hydroxyl groups is 1. The molecule has 3 aromatic rings. The van der Waals surface area contributed by atoms with Crippen LogP contribution in [0.4, 0.5) is 5.69 Å². The second kappa shape index (κ2) is 8.70. The SMILES string of the molecule is Cc1ccc(Oc2ccc(NC(=O)CC(=N)c3c(O)n(C)c(=O)n(C)c3=O)cc2)cc1. The molecule has 3 N–H and O–H groups in total. The third kappa shape index (κ3) is 4.72. The van der Waals surface area contributed by atoms with Crippen molar-refractivity contribution in [2.24, 2.45) is 14.1 Å². The van der Waals surface area contributed by atoms with E-state index in [9.17, 15) is 19.5 Å². The van der Waals surface area contributed by atoms with Crippen LogP contribution in [0.25, 0.3) is 0 Å². The summed E-state index contributed by atoms with van der Waals surface area (Å²) >= 11 is 0. The fourth-order valence-corrected chi connectivity index (χ4v) is 2.90. The molecule has 160 valence electrons. The molecule has 9 nitrogen and oxygen atoms in total. The number of ether oxygens (including phenoxy) is 1. The molecule has 0 unspecified atom stereocenters. The summed E-state index contributed by atoms with van der Waals surface area (Å²) in [6.07, 6.45) is -0.456. The number of anilines is 1. The lowest BCUT2D eigenvalue weighted by Gasteiger charge is -2.11. The zero-order valence-electron chi connectivity index (χ0n) is 17.3. The van der Waals surface area contributed by atoms with Crippen molar-refractivity contribution in [3.8, 4) is 17.4 Å². The Morgan fingerprint density at radius 1 is 1.00 bits per heavy atom. The molecule has 0 atom stereocenters. The number of aromatic nitrogens is 2. The summed E-state index contributed by atoms with van der Waals surface area (Å²) in [5.74, 6) is 0.0821. The zero-order valence-corrected chi connectivity index (χ0v) is 17.3. The van der Waals surface area contributed by atoms with Crippen molar-refractivity contribution in [1.82, 2.24) is 9.13 Å². The zero-order chi connectivity index (χ0) is 22.7. The molecular weight excluding hydrogens is 400 g/mol. The minimum absolute atomic E-state index is 0.387. The molecule has 0 aliphatic carbocycles. The monoisotopic (exact) mass is 422 g/mol. The van der Waals surface area contributed by atoms with Crippen molar-refractivity contribution in [2.75, 3.05) is 5.32 Å². The average Bonchev–Trinajstić information content (AvgIpc) is 2.74. The van der Waals surface area contributed by atoms with Gasteiger partial charge in [-0.05, 0) is 43.3 Å². The summed E-state index contributed by atoms with van der Waals surface area (Å²) in [7, 11) is 2.51. The second-order valence-electron chi connectivity index (χ2n) is 7.05. The first-order chi connectivity index (χ1) is 14.7. The fourth-order valence-electron chi connectivity index (χ4n) is 2.90. The maximum absolute atomic E-state index is 12.3. The number of rotatable bonds is 6. The third-order valence-corrected chi connectivity index (χ3v) is 4.67. The van der Waals surface area contributed by atoms with Crippen LogP contribution in [0, 0.1) is 12.3 Å². The number of amides is 1. The van der Waals surface area contributed by atoms with E-state index in [-0.39, 0.29) is 5.56 Å². The van der Waals surface area contributed by atoms with E-state index in [2.05, 4.69) is 5.32 Å². The highest BCUT2D eigenvalue weighted by atomic mass is 16.5. The fraction of sp³-hybridized carbons (Fsp3) is 0.182. The van der Waals surface area contributed by atoms with Gasteiger partial charge in [0.05, 0.1) is 12.1 Å². The molecule has 3 rings (SSSR count). The molecule has 0 radical (unpaired) electrons. The predicted octanol–water partition coefficient (Wildman–Crippen LogP) is 2.29. The van der Waals surface area contributed by atoms with E-state index in [1.807, 2.05) is 31.2 Å². The minimum Gasteiger partial charge on any atom is -0.494 e. The first kappa shape index (κ1) is 21.6. The van der Waals surface area contributed by atoms with Gasteiger partial charge in [0, 0.05) is 19.8 Å². The summed E-state index contributed by atoms with van der Waals surface area (Å²) in [5.41, 5.74) is -0.744. The van der Waals surface area contributed by atoms with Gasteiger partial charge in [-0.25, -0.2) is 4.79 Å². The molecule has 2 aromatic carbocycles. The summed E-state index contributed by atoms with van der Waals surface area (Å²) < 4.78 is 7.35. The van der Waals surface area contributed by atoms with Gasteiger partial charge < -0.3 is 20.6 Å². The van der Waals surface area contributed by atoms with E-state index in [1.54, 1.807) is 24.3 Å². The highest BCUT2D eigenvalue weighted by molar-refractivity contribution is 6.12. The van der Waals surface area contributed by atoms with Crippen molar-refractivity contribution < 1.29 is 14.6 Å². The molecule has 1 aromatic heterocycles. The number of carbonyl (C=O) groups is 1. The van der Waals surface area contributed by atoms with Gasteiger partial charge in [0.15, 0.2) is 0 Å². The predicted molar refractivity (Wildman–Crippen MR) is 116 cm³/mol. The summed E-state index contributed by atoms with van der Waals surface area (Å²) in [5, 5.41) is 20.8. The number of aryl methyl sites for hydroxylation is 1. The highest BCUT2D eigenvalue weighted by Crippen LogP contribution is 2.23.